The van der Waals surface area contributed by atoms with Crippen LogP contribution >= 0.6 is 11.6 Å². The Balaban J connectivity index is 1.86. The Morgan fingerprint density at radius 1 is 1.27 bits per heavy atom. The average Bonchev–Trinajstić information content (AvgIpc) is 2.84. The molecule has 30 heavy (non-hydrogen) atoms. The van der Waals surface area contributed by atoms with Crippen LogP contribution in [0.25, 0.3) is 0 Å². The highest BCUT2D eigenvalue weighted by Crippen LogP contribution is 2.30. The van der Waals surface area contributed by atoms with Gasteiger partial charge in [0.05, 0.1) is 4.90 Å². The van der Waals surface area contributed by atoms with E-state index in [0.717, 1.165) is 5.56 Å². The van der Waals surface area contributed by atoms with E-state index in [1.165, 1.54) is 12.1 Å². The highest BCUT2D eigenvalue weighted by molar-refractivity contribution is 7.92. The second-order valence-corrected chi connectivity index (χ2v) is 9.13. The zero-order chi connectivity index (χ0) is 21.7. The van der Waals surface area contributed by atoms with Crippen molar-refractivity contribution in [2.45, 2.75) is 37.3 Å². The number of halogens is 1. The fourth-order valence-electron chi connectivity index (χ4n) is 3.27. The fourth-order valence-corrected chi connectivity index (χ4v) is 4.62. The third-order valence-electron chi connectivity index (χ3n) is 4.78. The van der Waals surface area contributed by atoms with Crippen LogP contribution in [0.1, 0.15) is 25.3 Å². The first-order valence-electron chi connectivity index (χ1n) is 9.69. The van der Waals surface area contributed by atoms with Gasteiger partial charge in [-0.3, -0.25) is 9.52 Å². The predicted molar refractivity (Wildman–Crippen MR) is 115 cm³/mol. The number of nitrogens with zero attached hydrogens (tertiary/aromatic N) is 1. The molecule has 3 rings (SSSR count). The van der Waals surface area contributed by atoms with Gasteiger partial charge in [0.25, 0.3) is 15.9 Å². The van der Waals surface area contributed by atoms with Crippen molar-refractivity contribution in [3.63, 3.8) is 0 Å². The minimum Gasteiger partial charge on any atom is -0.480 e. The van der Waals surface area contributed by atoms with Gasteiger partial charge < -0.3 is 14.4 Å². The molecule has 1 aliphatic heterocycles. The van der Waals surface area contributed by atoms with Crippen LogP contribution in [0.15, 0.2) is 47.4 Å². The molecule has 1 heterocycles. The van der Waals surface area contributed by atoms with Crippen molar-refractivity contribution in [3.8, 4) is 5.75 Å². The molecule has 2 aromatic rings. The number of carbonyl (C=O) groups excluding carboxylic acids is 1. The van der Waals surface area contributed by atoms with Gasteiger partial charge in [-0.1, -0.05) is 24.6 Å². The van der Waals surface area contributed by atoms with E-state index in [4.69, 9.17) is 21.1 Å². The van der Waals surface area contributed by atoms with Gasteiger partial charge in [0.2, 0.25) is 0 Å². The van der Waals surface area contributed by atoms with Crippen LogP contribution in [-0.2, 0) is 26.1 Å². The molecule has 1 atom stereocenters. The largest absolute Gasteiger partial charge is 0.480 e. The zero-order valence-corrected chi connectivity index (χ0v) is 18.5. The van der Waals surface area contributed by atoms with Gasteiger partial charge >= 0.3 is 0 Å². The summed E-state index contributed by atoms with van der Waals surface area (Å²) in [4.78, 5) is 14.6. The molecule has 1 amide bonds. The Morgan fingerprint density at radius 2 is 2.07 bits per heavy atom. The number of benzene rings is 2. The van der Waals surface area contributed by atoms with E-state index in [2.05, 4.69) is 4.72 Å². The average molecular weight is 453 g/mol. The third-order valence-corrected chi connectivity index (χ3v) is 6.40. The molecule has 0 saturated carbocycles. The maximum Gasteiger partial charge on any atom is 0.263 e. The molecule has 0 aliphatic carbocycles. The normalized spacial score (nSPS) is 16.6. The van der Waals surface area contributed by atoms with Crippen LogP contribution in [0, 0.1) is 0 Å². The number of nitrogens with one attached hydrogen (secondary N) is 1. The lowest BCUT2D eigenvalue weighted by atomic mass is 10.1. The third kappa shape index (κ3) is 5.24. The van der Waals surface area contributed by atoms with Crippen molar-refractivity contribution in [3.05, 3.63) is 53.1 Å². The molecule has 0 saturated heterocycles. The molecular weight excluding hydrogens is 428 g/mol. The summed E-state index contributed by atoms with van der Waals surface area (Å²) in [7, 11) is -2.18. The van der Waals surface area contributed by atoms with Crippen molar-refractivity contribution < 1.29 is 22.7 Å². The van der Waals surface area contributed by atoms with E-state index >= 15 is 0 Å². The number of ether oxygens (including phenoxy) is 2. The predicted octanol–water partition coefficient (Wildman–Crippen LogP) is 3.68. The highest BCUT2D eigenvalue weighted by Gasteiger charge is 2.30. The molecule has 0 fully saturated rings. The molecule has 2 aromatic carbocycles. The molecule has 9 heteroatoms. The molecule has 0 bridgehead atoms. The SMILES string of the molecule is CCC1Oc2ccc(NS(=O)(=O)c3cccc(Cl)c3)cc2CN(CCCOC)C1=O. The van der Waals surface area contributed by atoms with Gasteiger partial charge in [-0.05, 0) is 49.2 Å². The Bertz CT molecular complexity index is 1010. The Kier molecular flexibility index (Phi) is 7.23. The molecule has 1 aliphatic rings. The van der Waals surface area contributed by atoms with E-state index in [0.29, 0.717) is 49.0 Å². The number of sulfonamides is 1. The second kappa shape index (κ2) is 9.68. The lowest BCUT2D eigenvalue weighted by Crippen LogP contribution is -2.40. The first kappa shape index (κ1) is 22.4. The quantitative estimate of drug-likeness (QED) is 0.617. The number of amides is 1. The van der Waals surface area contributed by atoms with Gasteiger partial charge in [0, 0.05) is 43.1 Å². The van der Waals surface area contributed by atoms with E-state index < -0.39 is 16.1 Å². The summed E-state index contributed by atoms with van der Waals surface area (Å²) in [6.45, 7) is 3.31. The van der Waals surface area contributed by atoms with Crippen LogP contribution in [0.4, 0.5) is 5.69 Å². The number of fused-ring (bicyclic) bond motifs is 1. The highest BCUT2D eigenvalue weighted by atomic mass is 35.5. The van der Waals surface area contributed by atoms with Crippen LogP contribution in [0.5, 0.6) is 5.75 Å². The van der Waals surface area contributed by atoms with E-state index in [9.17, 15) is 13.2 Å². The Hall–Kier alpha value is -2.29. The van der Waals surface area contributed by atoms with Crippen LogP contribution in [0.3, 0.4) is 0 Å². The molecule has 0 spiro atoms. The molecule has 1 N–H and O–H groups in total. The van der Waals surface area contributed by atoms with Crippen molar-refractivity contribution in [1.82, 2.24) is 4.90 Å². The molecular formula is C21H25ClN2O5S. The lowest BCUT2D eigenvalue weighted by molar-refractivity contribution is -0.138. The van der Waals surface area contributed by atoms with Crippen LogP contribution < -0.4 is 9.46 Å². The smallest absolute Gasteiger partial charge is 0.263 e. The lowest BCUT2D eigenvalue weighted by Gasteiger charge is -2.23. The van der Waals surface area contributed by atoms with Gasteiger partial charge in [0.1, 0.15) is 5.75 Å². The summed E-state index contributed by atoms with van der Waals surface area (Å²) in [6, 6.07) is 11.1. The number of carbonyl (C=O) groups is 1. The first-order valence-corrected chi connectivity index (χ1v) is 11.6. The van der Waals surface area contributed by atoms with Crippen LogP contribution in [-0.4, -0.2) is 45.6 Å². The number of hydrogen-bond acceptors (Lipinski definition) is 5. The molecule has 0 aromatic heterocycles. The number of anilines is 1. The molecule has 0 radical (unpaired) electrons. The van der Waals surface area contributed by atoms with Gasteiger partial charge in [0.15, 0.2) is 6.10 Å². The molecule has 7 nitrogen and oxygen atoms in total. The van der Waals surface area contributed by atoms with Gasteiger partial charge in [-0.15, -0.1) is 0 Å². The summed E-state index contributed by atoms with van der Waals surface area (Å²) in [5, 5.41) is 0.337. The minimum atomic E-state index is -3.80. The summed E-state index contributed by atoms with van der Waals surface area (Å²) in [5.41, 5.74) is 1.12. The zero-order valence-electron chi connectivity index (χ0n) is 16.9. The Morgan fingerprint density at radius 3 is 2.77 bits per heavy atom. The summed E-state index contributed by atoms with van der Waals surface area (Å²) in [6.07, 6.45) is 0.680. The van der Waals surface area contributed by atoms with Gasteiger partial charge in [-0.25, -0.2) is 8.42 Å². The standard InChI is InChI=1S/C21H25ClN2O5S/c1-3-19-21(25)24(10-5-11-28-2)14-15-12-17(8-9-20(15)29-19)23-30(26,27)18-7-4-6-16(22)13-18/h4,6-9,12-13,19,23H,3,5,10-11,14H2,1-2H3. The summed E-state index contributed by atoms with van der Waals surface area (Å²) >= 11 is 5.92. The Labute approximate surface area is 182 Å². The first-order chi connectivity index (χ1) is 14.3. The topological polar surface area (TPSA) is 84.9 Å². The van der Waals surface area contributed by atoms with Crippen molar-refractivity contribution >= 4 is 33.2 Å². The maximum atomic E-state index is 12.8. The summed E-state index contributed by atoms with van der Waals surface area (Å²) in [5.74, 6) is 0.501. The minimum absolute atomic E-state index is 0.0728. The fraction of sp³-hybridized carbons (Fsp3) is 0.381. The number of methoxy groups -OCH3 is 1. The maximum absolute atomic E-state index is 12.8. The van der Waals surface area contributed by atoms with Gasteiger partial charge in [-0.2, -0.15) is 0 Å². The number of rotatable bonds is 8. The second-order valence-electron chi connectivity index (χ2n) is 7.01. The molecule has 1 unspecified atom stereocenters. The van der Waals surface area contributed by atoms with Crippen molar-refractivity contribution in [2.75, 3.05) is 25.0 Å². The molecule has 162 valence electrons. The monoisotopic (exact) mass is 452 g/mol. The van der Waals surface area contributed by atoms with Crippen LogP contribution in [0.2, 0.25) is 5.02 Å². The van der Waals surface area contributed by atoms with E-state index in [1.54, 1.807) is 42.3 Å². The van der Waals surface area contributed by atoms with E-state index in [-0.39, 0.29) is 10.8 Å². The van der Waals surface area contributed by atoms with E-state index in [1.807, 2.05) is 6.92 Å². The van der Waals surface area contributed by atoms with Crippen molar-refractivity contribution in [1.29, 1.82) is 0 Å². The summed E-state index contributed by atoms with van der Waals surface area (Å²) < 4.78 is 39.0. The number of hydrogen-bond donors (Lipinski definition) is 1. The van der Waals surface area contributed by atoms with Crippen molar-refractivity contribution in [2.24, 2.45) is 0 Å².